The summed E-state index contributed by atoms with van der Waals surface area (Å²) in [6, 6.07) is 13.6. The van der Waals surface area contributed by atoms with Crippen LogP contribution in [0.5, 0.6) is 0 Å². The largest absolute Gasteiger partial charge is 0.377 e. The summed E-state index contributed by atoms with van der Waals surface area (Å²) < 4.78 is 32.8. The van der Waals surface area contributed by atoms with Crippen LogP contribution in [0, 0.1) is 0 Å². The van der Waals surface area contributed by atoms with Crippen LogP contribution in [-0.2, 0) is 14.8 Å². The number of carbonyl (C=O) groups is 1. The van der Waals surface area contributed by atoms with E-state index in [0.29, 0.717) is 12.2 Å². The molecule has 3 rings (SSSR count). The number of amides is 1. The lowest BCUT2D eigenvalue weighted by atomic mass is 10.0. The van der Waals surface area contributed by atoms with Gasteiger partial charge in [-0.1, -0.05) is 32.0 Å². The van der Waals surface area contributed by atoms with Gasteiger partial charge in [-0.2, -0.15) is 0 Å². The molecule has 1 heterocycles. The SMILES string of the molecule is CC(C)c1ccccc1NC(=O)c1ccc(S(=O)(=O)NCC2CCCO2)cc1. The number of sulfonamides is 1. The molecule has 0 aromatic heterocycles. The molecule has 6 nitrogen and oxygen atoms in total. The van der Waals surface area contributed by atoms with Gasteiger partial charge in [0.2, 0.25) is 10.0 Å². The number of hydrogen-bond donors (Lipinski definition) is 2. The first-order valence-corrected chi connectivity index (χ1v) is 11.0. The minimum absolute atomic E-state index is 0.0687. The van der Waals surface area contributed by atoms with Gasteiger partial charge < -0.3 is 10.1 Å². The third-order valence-corrected chi connectivity index (χ3v) is 6.22. The molecule has 28 heavy (non-hydrogen) atoms. The van der Waals surface area contributed by atoms with Gasteiger partial charge in [0.15, 0.2) is 0 Å². The van der Waals surface area contributed by atoms with Gasteiger partial charge in [-0.15, -0.1) is 0 Å². The van der Waals surface area contributed by atoms with Crippen molar-refractivity contribution in [1.29, 1.82) is 0 Å². The molecule has 1 saturated heterocycles. The molecule has 2 N–H and O–H groups in total. The number of rotatable bonds is 7. The van der Waals surface area contributed by atoms with Crippen LogP contribution in [0.25, 0.3) is 0 Å². The van der Waals surface area contributed by atoms with E-state index in [1.165, 1.54) is 24.3 Å². The highest BCUT2D eigenvalue weighted by molar-refractivity contribution is 7.89. The lowest BCUT2D eigenvalue weighted by Gasteiger charge is -2.14. The van der Waals surface area contributed by atoms with Crippen molar-refractivity contribution < 1.29 is 17.9 Å². The lowest BCUT2D eigenvalue weighted by Crippen LogP contribution is -2.31. The van der Waals surface area contributed by atoms with E-state index >= 15 is 0 Å². The molecule has 0 bridgehead atoms. The molecule has 2 aromatic rings. The topological polar surface area (TPSA) is 84.5 Å². The van der Waals surface area contributed by atoms with Crippen LogP contribution in [-0.4, -0.2) is 33.6 Å². The first-order valence-electron chi connectivity index (χ1n) is 9.48. The van der Waals surface area contributed by atoms with Crippen LogP contribution in [0.1, 0.15) is 48.5 Å². The van der Waals surface area contributed by atoms with E-state index in [2.05, 4.69) is 23.9 Å². The minimum Gasteiger partial charge on any atom is -0.377 e. The molecule has 0 radical (unpaired) electrons. The molecule has 1 unspecified atom stereocenters. The molecule has 1 fully saturated rings. The van der Waals surface area contributed by atoms with E-state index in [4.69, 9.17) is 4.74 Å². The van der Waals surface area contributed by atoms with Crippen molar-refractivity contribution in [3.8, 4) is 0 Å². The Hall–Kier alpha value is -2.22. The quantitative estimate of drug-likeness (QED) is 0.742. The summed E-state index contributed by atoms with van der Waals surface area (Å²) in [5.74, 6) is 0.00306. The number of carbonyl (C=O) groups excluding carboxylic acids is 1. The third kappa shape index (κ3) is 4.98. The summed E-state index contributed by atoms with van der Waals surface area (Å²) in [5.41, 5.74) is 2.21. The van der Waals surface area contributed by atoms with Crippen LogP contribution in [0.15, 0.2) is 53.4 Å². The number of ether oxygens (including phenoxy) is 1. The van der Waals surface area contributed by atoms with E-state index in [1.54, 1.807) is 0 Å². The van der Waals surface area contributed by atoms with Crippen molar-refractivity contribution in [2.24, 2.45) is 0 Å². The molecule has 150 valence electrons. The Kier molecular flexibility index (Phi) is 6.49. The fraction of sp³-hybridized carbons (Fsp3) is 0.381. The Morgan fingerprint density at radius 1 is 1.14 bits per heavy atom. The predicted molar refractivity (Wildman–Crippen MR) is 109 cm³/mol. The highest BCUT2D eigenvalue weighted by Crippen LogP contribution is 2.24. The van der Waals surface area contributed by atoms with Gasteiger partial charge in [0, 0.05) is 24.4 Å². The second-order valence-corrected chi connectivity index (χ2v) is 8.97. The number of nitrogens with one attached hydrogen (secondary N) is 2. The molecule has 0 saturated carbocycles. The maximum Gasteiger partial charge on any atom is 0.255 e. The number of para-hydroxylation sites is 1. The Bertz CT molecular complexity index is 918. The van der Waals surface area contributed by atoms with Crippen molar-refractivity contribution in [2.75, 3.05) is 18.5 Å². The summed E-state index contributed by atoms with van der Waals surface area (Å²) in [6.45, 7) is 5.06. The number of anilines is 1. The smallest absolute Gasteiger partial charge is 0.255 e. The van der Waals surface area contributed by atoms with Crippen LogP contribution < -0.4 is 10.0 Å². The standard InChI is InChI=1S/C21H26N2O4S/c1-15(2)19-7-3-4-8-20(19)23-21(24)16-9-11-18(12-10-16)28(25,26)22-14-17-6-5-13-27-17/h3-4,7-12,15,17,22H,5-6,13-14H2,1-2H3,(H,23,24). The highest BCUT2D eigenvalue weighted by Gasteiger charge is 2.20. The maximum atomic E-state index is 12.6. The molecule has 0 spiro atoms. The molecule has 1 atom stereocenters. The first kappa shape index (κ1) is 20.5. The van der Waals surface area contributed by atoms with Gasteiger partial charge in [-0.25, -0.2) is 13.1 Å². The average molecular weight is 403 g/mol. The molecule has 1 aliphatic heterocycles. The van der Waals surface area contributed by atoms with Gasteiger partial charge in [0.05, 0.1) is 11.0 Å². The van der Waals surface area contributed by atoms with Gasteiger partial charge in [0.25, 0.3) is 5.91 Å². The normalized spacial score (nSPS) is 17.0. The zero-order valence-electron chi connectivity index (χ0n) is 16.1. The monoisotopic (exact) mass is 402 g/mol. The fourth-order valence-electron chi connectivity index (χ4n) is 3.19. The summed E-state index contributed by atoms with van der Waals surface area (Å²) in [6.07, 6.45) is 1.75. The molecule has 2 aromatic carbocycles. The Labute approximate surface area is 166 Å². The maximum absolute atomic E-state index is 12.6. The van der Waals surface area contributed by atoms with Gasteiger partial charge in [-0.3, -0.25) is 4.79 Å². The minimum atomic E-state index is -3.63. The summed E-state index contributed by atoms with van der Waals surface area (Å²) in [4.78, 5) is 12.7. The van der Waals surface area contributed by atoms with Crippen molar-refractivity contribution in [2.45, 2.75) is 43.6 Å². The summed E-state index contributed by atoms with van der Waals surface area (Å²) in [7, 11) is -3.63. The van der Waals surface area contributed by atoms with Crippen molar-refractivity contribution >= 4 is 21.6 Å². The average Bonchev–Trinajstić information content (AvgIpc) is 3.20. The molecule has 0 aliphatic carbocycles. The highest BCUT2D eigenvalue weighted by atomic mass is 32.2. The van der Waals surface area contributed by atoms with Gasteiger partial charge in [-0.05, 0) is 54.7 Å². The van der Waals surface area contributed by atoms with E-state index in [9.17, 15) is 13.2 Å². The van der Waals surface area contributed by atoms with Gasteiger partial charge in [0.1, 0.15) is 0 Å². The Balaban J connectivity index is 1.67. The van der Waals surface area contributed by atoms with Crippen LogP contribution in [0.2, 0.25) is 0 Å². The molecule has 1 amide bonds. The molecular formula is C21H26N2O4S. The number of hydrogen-bond acceptors (Lipinski definition) is 4. The third-order valence-electron chi connectivity index (χ3n) is 4.78. The number of benzene rings is 2. The fourth-order valence-corrected chi connectivity index (χ4v) is 4.25. The Morgan fingerprint density at radius 3 is 2.50 bits per heavy atom. The lowest BCUT2D eigenvalue weighted by molar-refractivity contribution is 0.102. The summed E-state index contributed by atoms with van der Waals surface area (Å²) >= 11 is 0. The molecule has 7 heteroatoms. The summed E-state index contributed by atoms with van der Waals surface area (Å²) in [5, 5.41) is 2.91. The second kappa shape index (κ2) is 8.86. The zero-order chi connectivity index (χ0) is 20.1. The predicted octanol–water partition coefficient (Wildman–Crippen LogP) is 3.52. The zero-order valence-corrected chi connectivity index (χ0v) is 17.0. The van der Waals surface area contributed by atoms with Crippen molar-refractivity contribution in [1.82, 2.24) is 4.72 Å². The van der Waals surface area contributed by atoms with Crippen LogP contribution >= 0.6 is 0 Å². The van der Waals surface area contributed by atoms with E-state index in [0.717, 1.165) is 24.1 Å². The van der Waals surface area contributed by atoms with Crippen LogP contribution in [0.4, 0.5) is 5.69 Å². The molecular weight excluding hydrogens is 376 g/mol. The van der Waals surface area contributed by atoms with Crippen molar-refractivity contribution in [3.63, 3.8) is 0 Å². The van der Waals surface area contributed by atoms with E-state index in [-0.39, 0.29) is 29.4 Å². The van der Waals surface area contributed by atoms with Crippen LogP contribution in [0.3, 0.4) is 0 Å². The van der Waals surface area contributed by atoms with E-state index in [1.807, 2.05) is 24.3 Å². The first-order chi connectivity index (χ1) is 13.4. The van der Waals surface area contributed by atoms with Gasteiger partial charge >= 0.3 is 0 Å². The van der Waals surface area contributed by atoms with E-state index < -0.39 is 10.0 Å². The Morgan fingerprint density at radius 2 is 1.86 bits per heavy atom. The molecule has 1 aliphatic rings. The second-order valence-electron chi connectivity index (χ2n) is 7.21. The van der Waals surface area contributed by atoms with Crippen molar-refractivity contribution in [3.05, 3.63) is 59.7 Å².